The maximum atomic E-state index is 12.8. The Bertz CT molecular complexity index is 754. The molecular weight excluding hydrogens is 315 g/mol. The number of hydrogen-bond donors (Lipinski definition) is 2. The summed E-state index contributed by atoms with van der Waals surface area (Å²) in [7, 11) is 0. The molecule has 1 aliphatic carbocycles. The van der Waals surface area contributed by atoms with E-state index in [4.69, 9.17) is 4.74 Å². The van der Waals surface area contributed by atoms with Crippen molar-refractivity contribution in [2.45, 2.75) is 37.8 Å². The molecule has 2 heterocycles. The van der Waals surface area contributed by atoms with Crippen molar-refractivity contribution in [3.63, 3.8) is 0 Å². The van der Waals surface area contributed by atoms with E-state index in [1.165, 1.54) is 12.3 Å². The Balaban J connectivity index is 1.50. The lowest BCUT2D eigenvalue weighted by atomic mass is 9.93. The first-order valence-corrected chi connectivity index (χ1v) is 7.74. The van der Waals surface area contributed by atoms with E-state index in [1.807, 2.05) is 0 Å². The zero-order valence-corrected chi connectivity index (χ0v) is 12.9. The molecule has 0 bridgehead atoms. The van der Waals surface area contributed by atoms with Crippen molar-refractivity contribution >= 4 is 5.91 Å². The number of aromatic nitrogens is 3. The predicted octanol–water partition coefficient (Wildman–Crippen LogP) is 1.42. The van der Waals surface area contributed by atoms with Gasteiger partial charge in [0.15, 0.2) is 5.82 Å². The summed E-state index contributed by atoms with van der Waals surface area (Å²) in [5, 5.41) is 2.87. The second-order valence-electron chi connectivity index (χ2n) is 5.66. The van der Waals surface area contributed by atoms with Gasteiger partial charge in [0.2, 0.25) is 0 Å². The van der Waals surface area contributed by atoms with E-state index < -0.39 is 11.4 Å². The maximum absolute atomic E-state index is 12.8. The predicted molar refractivity (Wildman–Crippen MR) is 83.2 cm³/mol. The average molecular weight is 332 g/mol. The standard InChI is InChI=1S/C16H17FN4O3/c17-10-8-19-16(20-9-10)24-12-5-3-11(4-6-12)21-15(23)13-2-1-7-18-14(13)22/h1-2,7-9,11-12H,3-6H2,(H,18,22)(H,21,23). The van der Waals surface area contributed by atoms with Gasteiger partial charge in [-0.1, -0.05) is 0 Å². The molecule has 2 aromatic rings. The van der Waals surface area contributed by atoms with Crippen molar-refractivity contribution < 1.29 is 13.9 Å². The molecular formula is C16H17FN4O3. The van der Waals surface area contributed by atoms with Crippen LogP contribution in [0.15, 0.2) is 35.5 Å². The number of H-pyrrole nitrogens is 1. The summed E-state index contributed by atoms with van der Waals surface area (Å²) >= 11 is 0. The molecule has 2 N–H and O–H groups in total. The number of halogens is 1. The van der Waals surface area contributed by atoms with Gasteiger partial charge in [-0.2, -0.15) is 0 Å². The Morgan fingerprint density at radius 3 is 2.62 bits per heavy atom. The van der Waals surface area contributed by atoms with Gasteiger partial charge in [-0.15, -0.1) is 0 Å². The van der Waals surface area contributed by atoms with Crippen LogP contribution in [0.2, 0.25) is 0 Å². The van der Waals surface area contributed by atoms with E-state index in [2.05, 4.69) is 20.3 Å². The number of aromatic amines is 1. The Kier molecular flexibility index (Phi) is 4.83. The van der Waals surface area contributed by atoms with E-state index >= 15 is 0 Å². The van der Waals surface area contributed by atoms with Crippen LogP contribution < -0.4 is 15.6 Å². The van der Waals surface area contributed by atoms with Crippen LogP contribution in [0.1, 0.15) is 36.0 Å². The number of ether oxygens (including phenoxy) is 1. The first-order valence-electron chi connectivity index (χ1n) is 7.74. The fourth-order valence-corrected chi connectivity index (χ4v) is 2.70. The van der Waals surface area contributed by atoms with Crippen LogP contribution in [0.25, 0.3) is 0 Å². The number of rotatable bonds is 4. The molecule has 0 aromatic carbocycles. The highest BCUT2D eigenvalue weighted by molar-refractivity contribution is 5.93. The molecule has 0 atom stereocenters. The fraction of sp³-hybridized carbons (Fsp3) is 0.375. The minimum atomic E-state index is -0.510. The normalized spacial score (nSPS) is 20.4. The summed E-state index contributed by atoms with van der Waals surface area (Å²) in [6.45, 7) is 0. The van der Waals surface area contributed by atoms with Crippen molar-refractivity contribution in [3.05, 3.63) is 52.5 Å². The van der Waals surface area contributed by atoms with Crippen molar-refractivity contribution in [1.29, 1.82) is 0 Å². The highest BCUT2D eigenvalue weighted by Crippen LogP contribution is 2.22. The Morgan fingerprint density at radius 2 is 1.96 bits per heavy atom. The highest BCUT2D eigenvalue weighted by atomic mass is 19.1. The van der Waals surface area contributed by atoms with Gasteiger partial charge in [-0.05, 0) is 37.8 Å². The molecule has 8 heteroatoms. The largest absolute Gasteiger partial charge is 0.460 e. The molecule has 0 unspecified atom stereocenters. The highest BCUT2D eigenvalue weighted by Gasteiger charge is 2.25. The number of carbonyl (C=O) groups is 1. The third-order valence-corrected chi connectivity index (χ3v) is 3.94. The third-order valence-electron chi connectivity index (χ3n) is 3.94. The molecule has 0 radical (unpaired) electrons. The second kappa shape index (κ2) is 7.20. The van der Waals surface area contributed by atoms with Gasteiger partial charge in [-0.3, -0.25) is 9.59 Å². The lowest BCUT2D eigenvalue weighted by Crippen LogP contribution is -2.41. The van der Waals surface area contributed by atoms with Crippen molar-refractivity contribution in [2.75, 3.05) is 0 Å². The lowest BCUT2D eigenvalue weighted by molar-refractivity contribution is 0.0883. The minimum absolute atomic E-state index is 0.00825. The molecule has 1 fully saturated rings. The monoisotopic (exact) mass is 332 g/mol. The molecule has 1 saturated carbocycles. The van der Waals surface area contributed by atoms with E-state index in [-0.39, 0.29) is 29.6 Å². The van der Waals surface area contributed by atoms with E-state index in [1.54, 1.807) is 6.07 Å². The van der Waals surface area contributed by atoms with Crippen LogP contribution in [0, 0.1) is 5.82 Å². The first kappa shape index (κ1) is 16.1. The average Bonchev–Trinajstić information content (AvgIpc) is 2.59. The quantitative estimate of drug-likeness (QED) is 0.883. The number of hydrogen-bond acceptors (Lipinski definition) is 5. The number of nitrogens with zero attached hydrogens (tertiary/aromatic N) is 2. The van der Waals surface area contributed by atoms with Gasteiger partial charge < -0.3 is 15.0 Å². The Morgan fingerprint density at radius 1 is 1.25 bits per heavy atom. The van der Waals surface area contributed by atoms with Crippen molar-refractivity contribution in [2.24, 2.45) is 0 Å². The molecule has 3 rings (SSSR count). The SMILES string of the molecule is O=C(NC1CCC(Oc2ncc(F)cn2)CC1)c1ccc[nH]c1=O. The molecule has 2 aromatic heterocycles. The van der Waals surface area contributed by atoms with Crippen LogP contribution in [0.5, 0.6) is 6.01 Å². The second-order valence-corrected chi connectivity index (χ2v) is 5.66. The van der Waals surface area contributed by atoms with E-state index in [9.17, 15) is 14.0 Å². The van der Waals surface area contributed by atoms with Crippen molar-refractivity contribution in [1.82, 2.24) is 20.3 Å². The lowest BCUT2D eigenvalue weighted by Gasteiger charge is -2.28. The summed E-state index contributed by atoms with van der Waals surface area (Å²) in [6, 6.07) is 3.25. The van der Waals surface area contributed by atoms with Crippen LogP contribution in [0.4, 0.5) is 4.39 Å². The van der Waals surface area contributed by atoms with E-state index in [0.717, 1.165) is 38.1 Å². The minimum Gasteiger partial charge on any atom is -0.460 e. The van der Waals surface area contributed by atoms with Gasteiger partial charge >= 0.3 is 6.01 Å². The number of nitrogens with one attached hydrogen (secondary N) is 2. The first-order chi connectivity index (χ1) is 11.6. The maximum Gasteiger partial charge on any atom is 0.316 e. The fourth-order valence-electron chi connectivity index (χ4n) is 2.70. The third kappa shape index (κ3) is 3.95. The summed E-state index contributed by atoms with van der Waals surface area (Å²) in [5.74, 6) is -0.882. The topological polar surface area (TPSA) is 97.0 Å². The molecule has 0 aliphatic heterocycles. The molecule has 24 heavy (non-hydrogen) atoms. The molecule has 0 spiro atoms. The van der Waals surface area contributed by atoms with Gasteiger partial charge in [-0.25, -0.2) is 14.4 Å². The Labute approximate surface area is 137 Å². The van der Waals surface area contributed by atoms with Gasteiger partial charge in [0.1, 0.15) is 11.7 Å². The zero-order valence-electron chi connectivity index (χ0n) is 12.9. The summed E-state index contributed by atoms with van der Waals surface area (Å²) in [5.41, 5.74) is -0.295. The van der Waals surface area contributed by atoms with Gasteiger partial charge in [0, 0.05) is 12.2 Å². The van der Waals surface area contributed by atoms with Crippen LogP contribution in [0.3, 0.4) is 0 Å². The van der Waals surface area contributed by atoms with Gasteiger partial charge in [0.25, 0.3) is 11.5 Å². The number of pyridine rings is 1. The van der Waals surface area contributed by atoms with Crippen LogP contribution in [-0.2, 0) is 0 Å². The smallest absolute Gasteiger partial charge is 0.316 e. The zero-order chi connectivity index (χ0) is 16.9. The molecule has 0 saturated heterocycles. The molecule has 1 amide bonds. The summed E-state index contributed by atoms with van der Waals surface area (Å²) < 4.78 is 18.4. The summed E-state index contributed by atoms with van der Waals surface area (Å²) in [6.07, 6.45) is 6.43. The van der Waals surface area contributed by atoms with Crippen LogP contribution >= 0.6 is 0 Å². The van der Waals surface area contributed by atoms with Crippen LogP contribution in [-0.4, -0.2) is 33.0 Å². The van der Waals surface area contributed by atoms with Crippen molar-refractivity contribution in [3.8, 4) is 6.01 Å². The number of amides is 1. The Hall–Kier alpha value is -2.77. The van der Waals surface area contributed by atoms with Gasteiger partial charge in [0.05, 0.1) is 12.4 Å². The molecule has 7 nitrogen and oxygen atoms in total. The number of carbonyl (C=O) groups excluding carboxylic acids is 1. The molecule has 126 valence electrons. The molecule has 1 aliphatic rings. The summed E-state index contributed by atoms with van der Waals surface area (Å²) in [4.78, 5) is 33.8. The van der Waals surface area contributed by atoms with E-state index in [0.29, 0.717) is 0 Å².